The Bertz CT molecular complexity index is 1610. The van der Waals surface area contributed by atoms with Gasteiger partial charge in [0, 0.05) is 37.3 Å². The summed E-state index contributed by atoms with van der Waals surface area (Å²) in [6, 6.07) is 8.49. The van der Waals surface area contributed by atoms with E-state index < -0.39 is 0 Å². The Balaban J connectivity index is 1.39. The second-order valence-corrected chi connectivity index (χ2v) is 13.5. The van der Waals surface area contributed by atoms with Gasteiger partial charge in [0.1, 0.15) is 22.5 Å². The molecule has 10 nitrogen and oxygen atoms in total. The highest BCUT2D eigenvalue weighted by Gasteiger charge is 2.29. The van der Waals surface area contributed by atoms with Crippen LogP contribution in [0, 0.1) is 17.1 Å². The molecule has 1 saturated heterocycles. The van der Waals surface area contributed by atoms with Crippen molar-refractivity contribution in [2.75, 3.05) is 43.5 Å². The van der Waals surface area contributed by atoms with Crippen LogP contribution in [0.2, 0.25) is 0 Å². The van der Waals surface area contributed by atoms with Crippen molar-refractivity contribution in [3.05, 3.63) is 40.7 Å². The van der Waals surface area contributed by atoms with Crippen molar-refractivity contribution in [3.63, 3.8) is 0 Å². The Kier molecular flexibility index (Phi) is 8.50. The van der Waals surface area contributed by atoms with Crippen molar-refractivity contribution in [2.24, 2.45) is 0 Å². The molecule has 5 rings (SSSR count). The van der Waals surface area contributed by atoms with Crippen LogP contribution in [0.1, 0.15) is 51.1 Å². The first-order valence-electron chi connectivity index (χ1n) is 14.0. The molecule has 1 fully saturated rings. The minimum Gasteiger partial charge on any atom is -0.350 e. The van der Waals surface area contributed by atoms with Crippen LogP contribution in [0.15, 0.2) is 24.3 Å². The summed E-state index contributed by atoms with van der Waals surface area (Å²) in [4.78, 5) is 29.8. The highest BCUT2D eigenvalue weighted by Crippen LogP contribution is 2.38. The largest absolute Gasteiger partial charge is 0.350 e. The minimum absolute atomic E-state index is 0.0268. The van der Waals surface area contributed by atoms with Gasteiger partial charge in [-0.1, -0.05) is 29.6 Å². The summed E-state index contributed by atoms with van der Waals surface area (Å²) in [5.41, 5.74) is 1.85. The van der Waals surface area contributed by atoms with Crippen LogP contribution in [0.3, 0.4) is 0 Å². The van der Waals surface area contributed by atoms with E-state index in [9.17, 15) is 14.4 Å². The number of halogens is 1. The number of benzene rings is 1. The topological polar surface area (TPSA) is 106 Å². The molecule has 13 heteroatoms. The lowest BCUT2D eigenvalue weighted by Gasteiger charge is -2.37. The third-order valence-corrected chi connectivity index (χ3v) is 9.22. The summed E-state index contributed by atoms with van der Waals surface area (Å²) in [5, 5.41) is 19.4. The van der Waals surface area contributed by atoms with Crippen LogP contribution in [0.25, 0.3) is 16.2 Å². The molecular weight excluding hydrogens is 574 g/mol. The second kappa shape index (κ2) is 11.9. The van der Waals surface area contributed by atoms with E-state index in [-0.39, 0.29) is 23.3 Å². The van der Waals surface area contributed by atoms with E-state index in [2.05, 4.69) is 28.1 Å². The number of aromatic nitrogens is 4. The lowest BCUT2D eigenvalue weighted by molar-refractivity contribution is -0.123. The number of rotatable bonds is 8. The number of amides is 1. The molecule has 0 aliphatic carbocycles. The molecule has 42 heavy (non-hydrogen) atoms. The lowest BCUT2D eigenvalue weighted by Crippen LogP contribution is -2.51. The third-order valence-electron chi connectivity index (χ3n) is 7.21. The molecule has 0 saturated carbocycles. The van der Waals surface area contributed by atoms with E-state index in [0.717, 1.165) is 47.5 Å². The number of nitriles is 1. The van der Waals surface area contributed by atoms with E-state index in [0.29, 0.717) is 34.2 Å². The summed E-state index contributed by atoms with van der Waals surface area (Å²) < 4.78 is 15.4. The highest BCUT2D eigenvalue weighted by atomic mass is 32.1. The molecule has 0 radical (unpaired) electrons. The fourth-order valence-corrected chi connectivity index (χ4v) is 6.99. The number of fused-ring (bicyclic) bond motifs is 1. The van der Waals surface area contributed by atoms with E-state index in [1.165, 1.54) is 23.5 Å². The van der Waals surface area contributed by atoms with Crippen molar-refractivity contribution in [1.82, 2.24) is 29.8 Å². The number of nitrogens with zero attached hydrogens (tertiary/aromatic N) is 8. The van der Waals surface area contributed by atoms with Gasteiger partial charge in [0.05, 0.1) is 12.2 Å². The molecule has 0 bridgehead atoms. The first-order chi connectivity index (χ1) is 20.0. The number of imidazole rings is 1. The van der Waals surface area contributed by atoms with Crippen molar-refractivity contribution in [3.8, 4) is 17.3 Å². The molecule has 4 heterocycles. The van der Waals surface area contributed by atoms with Crippen LogP contribution in [0.4, 0.5) is 20.5 Å². The Morgan fingerprint density at radius 2 is 1.95 bits per heavy atom. The molecule has 1 unspecified atom stereocenters. The average Bonchev–Trinajstić information content (AvgIpc) is 3.64. The van der Waals surface area contributed by atoms with E-state index in [4.69, 9.17) is 15.1 Å². The summed E-state index contributed by atoms with van der Waals surface area (Å²) in [6.45, 7) is 10.0. The fourth-order valence-electron chi connectivity index (χ4n) is 5.19. The van der Waals surface area contributed by atoms with Crippen molar-refractivity contribution < 1.29 is 9.18 Å². The van der Waals surface area contributed by atoms with Gasteiger partial charge >= 0.3 is 0 Å². The molecule has 1 amide bonds. The number of nitrogens with one attached hydrogen (secondary N) is 1. The summed E-state index contributed by atoms with van der Waals surface area (Å²) >= 11 is 2.84. The molecule has 1 atom stereocenters. The number of piperidine rings is 1. The Morgan fingerprint density at radius 1 is 1.21 bits per heavy atom. The maximum atomic E-state index is 13.5. The van der Waals surface area contributed by atoms with Crippen LogP contribution in [-0.4, -0.2) is 75.7 Å². The zero-order valence-corrected chi connectivity index (χ0v) is 26.4. The standard InChI is InChI=1S/C29H36FN9OS2/c1-7-21-25(37(6)26-33-24(22(15-31)41-26)18-10-12-19(30)13-11-18)39-27(32-21)42-28(35-39)38-14-8-9-20(16-38)36(5)17-23(40)34-29(2,3)4/h10-13,20H,7-9,14,16-17H2,1-6H3,(H,34,40). The zero-order chi connectivity index (χ0) is 30.2. The molecule has 0 spiro atoms. The summed E-state index contributed by atoms with van der Waals surface area (Å²) in [6.07, 6.45) is 2.74. The van der Waals surface area contributed by atoms with E-state index in [1.807, 2.05) is 44.3 Å². The zero-order valence-electron chi connectivity index (χ0n) is 24.8. The van der Waals surface area contributed by atoms with Crippen LogP contribution >= 0.6 is 22.7 Å². The first kappa shape index (κ1) is 29.9. The second-order valence-electron chi connectivity index (χ2n) is 11.6. The van der Waals surface area contributed by atoms with Crippen molar-refractivity contribution in [1.29, 1.82) is 5.26 Å². The molecule has 1 aliphatic rings. The maximum Gasteiger partial charge on any atom is 0.234 e. The summed E-state index contributed by atoms with van der Waals surface area (Å²) in [5.74, 6) is 0.499. The third kappa shape index (κ3) is 6.25. The van der Waals surface area contributed by atoms with Gasteiger partial charge in [0.2, 0.25) is 16.0 Å². The molecule has 1 N–H and O–H groups in total. The van der Waals surface area contributed by atoms with Gasteiger partial charge in [0.15, 0.2) is 10.9 Å². The normalized spacial score (nSPS) is 15.8. The van der Waals surface area contributed by atoms with Crippen molar-refractivity contribution >= 4 is 49.6 Å². The van der Waals surface area contributed by atoms with Crippen molar-refractivity contribution in [2.45, 2.75) is 58.5 Å². The quantitative estimate of drug-likeness (QED) is 0.295. The predicted molar refractivity (Wildman–Crippen MR) is 166 cm³/mol. The lowest BCUT2D eigenvalue weighted by atomic mass is 10.0. The van der Waals surface area contributed by atoms with E-state index >= 15 is 0 Å². The first-order valence-corrected chi connectivity index (χ1v) is 15.7. The van der Waals surface area contributed by atoms with Crippen LogP contribution in [0.5, 0.6) is 0 Å². The predicted octanol–water partition coefficient (Wildman–Crippen LogP) is 5.07. The van der Waals surface area contributed by atoms with E-state index in [1.54, 1.807) is 23.5 Å². The number of anilines is 3. The average molecular weight is 610 g/mol. The number of hydrogen-bond donors (Lipinski definition) is 1. The molecule has 1 aromatic carbocycles. The monoisotopic (exact) mass is 609 g/mol. The molecule has 3 aromatic heterocycles. The van der Waals surface area contributed by atoms with Gasteiger partial charge in [-0.05, 0) is 71.3 Å². The fraction of sp³-hybridized carbons (Fsp3) is 0.483. The summed E-state index contributed by atoms with van der Waals surface area (Å²) in [7, 11) is 3.92. The molecule has 1 aliphatic heterocycles. The number of thiazole rings is 1. The van der Waals surface area contributed by atoms with Crippen LogP contribution in [-0.2, 0) is 11.2 Å². The minimum atomic E-state index is -0.337. The number of likely N-dealkylation sites (N-methyl/N-ethyl adjacent to an activating group) is 1. The van der Waals surface area contributed by atoms with Gasteiger partial charge in [-0.3, -0.25) is 9.69 Å². The molecule has 4 aromatic rings. The van der Waals surface area contributed by atoms with Gasteiger partial charge in [0.25, 0.3) is 0 Å². The highest BCUT2D eigenvalue weighted by molar-refractivity contribution is 7.20. The number of carbonyl (C=O) groups excluding carboxylic acids is 1. The maximum absolute atomic E-state index is 13.5. The van der Waals surface area contributed by atoms with Gasteiger partial charge in [-0.25, -0.2) is 14.4 Å². The van der Waals surface area contributed by atoms with Crippen LogP contribution < -0.4 is 15.1 Å². The van der Waals surface area contributed by atoms with Gasteiger partial charge < -0.3 is 15.1 Å². The number of aryl methyl sites for hydroxylation is 1. The SMILES string of the molecule is CCc1nc2sc(N3CCCC(N(C)CC(=O)NC(C)(C)C)C3)nn2c1N(C)c1nc(-c2ccc(F)cc2)c(C#N)s1. The Morgan fingerprint density at radius 3 is 2.62 bits per heavy atom. The Labute approximate surface area is 253 Å². The molecular formula is C29H36FN9OS2. The number of carbonyl (C=O) groups is 1. The number of hydrogen-bond acceptors (Lipinski definition) is 10. The smallest absolute Gasteiger partial charge is 0.234 e. The van der Waals surface area contributed by atoms with Gasteiger partial charge in [-0.15, -0.1) is 5.10 Å². The molecule has 222 valence electrons. The Hall–Kier alpha value is -3.60. The van der Waals surface area contributed by atoms with Gasteiger partial charge in [-0.2, -0.15) is 9.78 Å².